The number of nitro benzene ring substituents is 1. The van der Waals surface area contributed by atoms with E-state index in [0.29, 0.717) is 11.3 Å². The van der Waals surface area contributed by atoms with Crippen molar-refractivity contribution in [1.29, 1.82) is 0 Å². The van der Waals surface area contributed by atoms with Gasteiger partial charge in [0.25, 0.3) is 17.4 Å². The molecule has 1 N–H and O–H groups in total. The smallest absolute Gasteiger partial charge is 0.300 e. The van der Waals surface area contributed by atoms with E-state index in [-0.39, 0.29) is 16.8 Å². The van der Waals surface area contributed by atoms with Gasteiger partial charge >= 0.3 is 0 Å². The number of hydrogen-bond donors (Lipinski definition) is 1. The molecule has 1 amide bonds. The van der Waals surface area contributed by atoms with Crippen LogP contribution in [0.1, 0.15) is 29.7 Å². The summed E-state index contributed by atoms with van der Waals surface area (Å²) in [7, 11) is 0. The minimum atomic E-state index is -0.873. The summed E-state index contributed by atoms with van der Waals surface area (Å²) in [5.74, 6) is -2.06. The van der Waals surface area contributed by atoms with Crippen LogP contribution in [0.25, 0.3) is 5.76 Å². The topological polar surface area (TPSA) is 101 Å². The van der Waals surface area contributed by atoms with Crippen LogP contribution in [0.15, 0.2) is 84.4 Å². The molecule has 1 atom stereocenters. The molecule has 1 heterocycles. The van der Waals surface area contributed by atoms with Crippen LogP contribution in [0.5, 0.6) is 0 Å². The van der Waals surface area contributed by atoms with Gasteiger partial charge < -0.3 is 5.11 Å². The van der Waals surface area contributed by atoms with Gasteiger partial charge in [-0.25, -0.2) is 0 Å². The van der Waals surface area contributed by atoms with Crippen molar-refractivity contribution >= 4 is 28.8 Å². The second kappa shape index (κ2) is 8.47. The monoisotopic (exact) mass is 428 g/mol. The van der Waals surface area contributed by atoms with Gasteiger partial charge in [-0.3, -0.25) is 24.6 Å². The van der Waals surface area contributed by atoms with Gasteiger partial charge in [0.15, 0.2) is 0 Å². The standard InChI is InChI=1S/C25H20N2O5/c1-2-16-11-13-17(14-12-16)22-21(23(28)18-7-6-10-20(15-18)27(31)32)24(29)25(30)26(22)19-8-4-3-5-9-19/h3-15,22,28H,2H2,1H3/b23-21-. The minimum absolute atomic E-state index is 0.0976. The molecule has 1 unspecified atom stereocenters. The lowest BCUT2D eigenvalue weighted by Gasteiger charge is -2.25. The third-order valence-corrected chi connectivity index (χ3v) is 5.51. The number of carbonyl (C=O) groups excluding carboxylic acids is 2. The molecule has 7 heteroatoms. The van der Waals surface area contributed by atoms with Crippen molar-refractivity contribution in [3.8, 4) is 0 Å². The van der Waals surface area contributed by atoms with Crippen molar-refractivity contribution in [2.45, 2.75) is 19.4 Å². The number of carbonyl (C=O) groups is 2. The number of nitrogens with zero attached hydrogens (tertiary/aromatic N) is 2. The molecule has 0 spiro atoms. The fourth-order valence-corrected chi connectivity index (χ4v) is 3.86. The number of anilines is 1. The summed E-state index contributed by atoms with van der Waals surface area (Å²) in [6.45, 7) is 2.02. The molecule has 7 nitrogen and oxygen atoms in total. The summed E-state index contributed by atoms with van der Waals surface area (Å²) in [5, 5.41) is 22.2. The van der Waals surface area contributed by atoms with Crippen LogP contribution in [-0.2, 0) is 16.0 Å². The van der Waals surface area contributed by atoms with Crippen molar-refractivity contribution in [1.82, 2.24) is 0 Å². The first-order chi connectivity index (χ1) is 15.4. The molecule has 0 aliphatic carbocycles. The first kappa shape index (κ1) is 21.0. The summed E-state index contributed by atoms with van der Waals surface area (Å²) >= 11 is 0. The molecule has 160 valence electrons. The minimum Gasteiger partial charge on any atom is -0.507 e. The molecular weight excluding hydrogens is 408 g/mol. The Labute approximate surface area is 184 Å². The number of ketones is 1. The van der Waals surface area contributed by atoms with Gasteiger partial charge in [0.1, 0.15) is 5.76 Å². The molecule has 0 radical (unpaired) electrons. The lowest BCUT2D eigenvalue weighted by molar-refractivity contribution is -0.384. The van der Waals surface area contributed by atoms with Gasteiger partial charge in [-0.15, -0.1) is 0 Å². The SMILES string of the molecule is CCc1ccc(C2/C(=C(/O)c3cccc([N+](=O)[O-])c3)C(=O)C(=O)N2c2ccccc2)cc1. The van der Waals surface area contributed by atoms with E-state index in [0.717, 1.165) is 12.0 Å². The molecule has 1 aliphatic rings. The Balaban J connectivity index is 1.93. The van der Waals surface area contributed by atoms with Crippen molar-refractivity contribution in [2.75, 3.05) is 4.90 Å². The summed E-state index contributed by atoms with van der Waals surface area (Å²) in [5.41, 5.74) is 2.01. The van der Waals surface area contributed by atoms with Crippen LogP contribution in [0.2, 0.25) is 0 Å². The lowest BCUT2D eigenvalue weighted by Crippen LogP contribution is -2.29. The van der Waals surface area contributed by atoms with Gasteiger partial charge in [0.2, 0.25) is 0 Å². The Morgan fingerprint density at radius 2 is 1.69 bits per heavy atom. The first-order valence-corrected chi connectivity index (χ1v) is 10.1. The highest BCUT2D eigenvalue weighted by Gasteiger charge is 2.46. The summed E-state index contributed by atoms with van der Waals surface area (Å²) in [6.07, 6.45) is 0.826. The quantitative estimate of drug-likeness (QED) is 0.207. The zero-order valence-electron chi connectivity index (χ0n) is 17.3. The van der Waals surface area contributed by atoms with E-state index in [9.17, 15) is 24.8 Å². The van der Waals surface area contributed by atoms with E-state index in [2.05, 4.69) is 0 Å². The average Bonchev–Trinajstić information content (AvgIpc) is 3.09. The number of rotatable bonds is 5. The van der Waals surface area contributed by atoms with Crippen LogP contribution in [0, 0.1) is 10.1 Å². The van der Waals surface area contributed by atoms with E-state index >= 15 is 0 Å². The molecule has 1 saturated heterocycles. The van der Waals surface area contributed by atoms with Crippen LogP contribution in [0.3, 0.4) is 0 Å². The number of non-ortho nitro benzene ring substituents is 1. The first-order valence-electron chi connectivity index (χ1n) is 10.1. The van der Waals surface area contributed by atoms with E-state index in [1.165, 1.54) is 29.2 Å². The van der Waals surface area contributed by atoms with Crippen molar-refractivity contribution in [2.24, 2.45) is 0 Å². The maximum absolute atomic E-state index is 13.1. The average molecular weight is 428 g/mol. The highest BCUT2D eigenvalue weighted by atomic mass is 16.6. The highest BCUT2D eigenvalue weighted by molar-refractivity contribution is 6.51. The predicted octanol–water partition coefficient (Wildman–Crippen LogP) is 4.78. The fraction of sp³-hybridized carbons (Fsp3) is 0.120. The molecule has 1 aliphatic heterocycles. The number of para-hydroxylation sites is 1. The number of aliphatic hydroxyl groups excluding tert-OH is 1. The van der Waals surface area contributed by atoms with Gasteiger partial charge in [0, 0.05) is 23.4 Å². The summed E-state index contributed by atoms with van der Waals surface area (Å²) in [4.78, 5) is 38.1. The maximum atomic E-state index is 13.1. The Morgan fingerprint density at radius 3 is 2.31 bits per heavy atom. The number of aryl methyl sites for hydroxylation is 1. The fourth-order valence-electron chi connectivity index (χ4n) is 3.86. The van der Waals surface area contributed by atoms with Crippen molar-refractivity contribution in [3.05, 3.63) is 111 Å². The molecule has 3 aromatic carbocycles. The summed E-state index contributed by atoms with van der Waals surface area (Å²) < 4.78 is 0. The highest BCUT2D eigenvalue weighted by Crippen LogP contribution is 2.42. The van der Waals surface area contributed by atoms with E-state index in [1.54, 1.807) is 30.3 Å². The van der Waals surface area contributed by atoms with Crippen LogP contribution < -0.4 is 4.90 Å². The molecule has 1 fully saturated rings. The Morgan fingerprint density at radius 1 is 1.00 bits per heavy atom. The Hall–Kier alpha value is -4.26. The normalized spacial score (nSPS) is 17.5. The van der Waals surface area contributed by atoms with E-state index in [4.69, 9.17) is 0 Å². The number of amides is 1. The largest absolute Gasteiger partial charge is 0.507 e. The molecule has 4 rings (SSSR count). The van der Waals surface area contributed by atoms with Crippen molar-refractivity contribution in [3.63, 3.8) is 0 Å². The van der Waals surface area contributed by atoms with Crippen LogP contribution in [-0.4, -0.2) is 21.7 Å². The van der Waals surface area contributed by atoms with Gasteiger partial charge in [-0.05, 0) is 29.7 Å². The number of Topliss-reactive ketones (excluding diaryl/α,β-unsaturated/α-hetero) is 1. The molecule has 0 bridgehead atoms. The van der Waals surface area contributed by atoms with Crippen LogP contribution >= 0.6 is 0 Å². The van der Waals surface area contributed by atoms with E-state index < -0.39 is 28.4 Å². The third-order valence-electron chi connectivity index (χ3n) is 5.51. The number of benzene rings is 3. The molecular formula is C25H20N2O5. The third kappa shape index (κ3) is 3.65. The number of nitro groups is 1. The zero-order valence-corrected chi connectivity index (χ0v) is 17.3. The summed E-state index contributed by atoms with van der Waals surface area (Å²) in [6, 6.07) is 20.7. The maximum Gasteiger partial charge on any atom is 0.300 e. The Bertz CT molecular complexity index is 1230. The predicted molar refractivity (Wildman–Crippen MR) is 120 cm³/mol. The van der Waals surface area contributed by atoms with Crippen LogP contribution in [0.4, 0.5) is 11.4 Å². The molecule has 0 aromatic heterocycles. The number of hydrogen-bond acceptors (Lipinski definition) is 5. The molecule has 0 saturated carbocycles. The van der Waals surface area contributed by atoms with Gasteiger partial charge in [-0.2, -0.15) is 0 Å². The molecule has 32 heavy (non-hydrogen) atoms. The van der Waals surface area contributed by atoms with Crippen molar-refractivity contribution < 1.29 is 19.6 Å². The van der Waals surface area contributed by atoms with E-state index in [1.807, 2.05) is 31.2 Å². The van der Waals surface area contributed by atoms with Gasteiger partial charge in [-0.1, -0.05) is 61.5 Å². The molecule has 3 aromatic rings. The second-order valence-electron chi connectivity index (χ2n) is 7.41. The number of aliphatic hydroxyl groups is 1. The lowest BCUT2D eigenvalue weighted by atomic mass is 9.94. The second-order valence-corrected chi connectivity index (χ2v) is 7.41. The Kier molecular flexibility index (Phi) is 5.55. The van der Waals surface area contributed by atoms with Gasteiger partial charge in [0.05, 0.1) is 16.5 Å². The zero-order chi connectivity index (χ0) is 22.8.